The van der Waals surface area contributed by atoms with Crippen molar-refractivity contribution in [3.8, 4) is 0 Å². The topological polar surface area (TPSA) is 54.7 Å². The van der Waals surface area contributed by atoms with Crippen molar-refractivity contribution in [1.29, 1.82) is 0 Å². The van der Waals surface area contributed by atoms with Gasteiger partial charge in [0.25, 0.3) is 5.91 Å². The molecule has 28 heavy (non-hydrogen) atoms. The highest BCUT2D eigenvalue weighted by atomic mass is 16.5. The first-order chi connectivity index (χ1) is 13.7. The maximum atomic E-state index is 12.6. The van der Waals surface area contributed by atoms with Crippen molar-refractivity contribution in [2.24, 2.45) is 0 Å². The van der Waals surface area contributed by atoms with Gasteiger partial charge >= 0.3 is 0 Å². The summed E-state index contributed by atoms with van der Waals surface area (Å²) in [5, 5.41) is 3.59. The lowest BCUT2D eigenvalue weighted by atomic mass is 10.0. The van der Waals surface area contributed by atoms with Crippen LogP contribution in [0.5, 0.6) is 0 Å². The van der Waals surface area contributed by atoms with Crippen LogP contribution < -0.4 is 5.32 Å². The summed E-state index contributed by atoms with van der Waals surface area (Å²) in [6.45, 7) is 5.19. The Kier molecular flexibility index (Phi) is 6.13. The Labute approximate surface area is 167 Å². The van der Waals surface area contributed by atoms with E-state index in [0.717, 1.165) is 69.0 Å². The molecule has 2 saturated heterocycles. The molecule has 0 radical (unpaired) electrons. The number of likely N-dealkylation sites (tertiary alicyclic amines) is 1. The third kappa shape index (κ3) is 4.65. The van der Waals surface area contributed by atoms with E-state index in [-0.39, 0.29) is 12.0 Å². The molecule has 5 nitrogen and oxygen atoms in total. The van der Waals surface area contributed by atoms with E-state index in [2.05, 4.69) is 17.4 Å². The van der Waals surface area contributed by atoms with Crippen molar-refractivity contribution < 1.29 is 13.9 Å². The van der Waals surface area contributed by atoms with Crippen LogP contribution in [0.4, 0.5) is 0 Å². The Morgan fingerprint density at radius 2 is 1.86 bits per heavy atom. The molecule has 0 aliphatic carbocycles. The lowest BCUT2D eigenvalue weighted by molar-refractivity contribution is 0.00119. The summed E-state index contributed by atoms with van der Waals surface area (Å²) >= 11 is 0. The number of rotatable bonds is 5. The fourth-order valence-corrected chi connectivity index (χ4v) is 4.04. The minimum Gasteiger partial charge on any atom is -0.462 e. The maximum Gasteiger partial charge on any atom is 0.253 e. The number of carbonyl (C=O) groups excluding carboxylic acids is 1. The molecular weight excluding hydrogens is 352 g/mol. The number of aryl methyl sites for hydroxylation is 1. The first kappa shape index (κ1) is 19.2. The number of benzene rings is 1. The van der Waals surface area contributed by atoms with Gasteiger partial charge < -0.3 is 19.4 Å². The van der Waals surface area contributed by atoms with Crippen molar-refractivity contribution in [2.45, 2.75) is 57.7 Å². The third-order valence-electron chi connectivity index (χ3n) is 5.83. The molecule has 0 spiro atoms. The maximum absolute atomic E-state index is 12.6. The zero-order valence-corrected chi connectivity index (χ0v) is 16.7. The first-order valence-corrected chi connectivity index (χ1v) is 10.5. The highest BCUT2D eigenvalue weighted by molar-refractivity contribution is 5.94. The molecule has 4 rings (SSSR count). The van der Waals surface area contributed by atoms with Crippen LogP contribution in [0.1, 0.15) is 65.7 Å². The minimum absolute atomic E-state index is 0.124. The molecule has 1 N–H and O–H groups in total. The van der Waals surface area contributed by atoms with E-state index in [9.17, 15) is 4.79 Å². The molecule has 150 valence electrons. The summed E-state index contributed by atoms with van der Waals surface area (Å²) in [7, 11) is 0. The van der Waals surface area contributed by atoms with Gasteiger partial charge in [-0.2, -0.15) is 0 Å². The van der Waals surface area contributed by atoms with Crippen LogP contribution in [0.25, 0.3) is 0 Å². The Morgan fingerprint density at radius 3 is 2.57 bits per heavy atom. The number of ether oxygens (including phenoxy) is 1. The predicted octanol–water partition coefficient (Wildman–Crippen LogP) is 4.22. The zero-order valence-electron chi connectivity index (χ0n) is 16.7. The number of nitrogens with zero attached hydrogens (tertiary/aromatic N) is 1. The summed E-state index contributed by atoms with van der Waals surface area (Å²) in [5.74, 6) is 2.05. The van der Waals surface area contributed by atoms with Crippen LogP contribution >= 0.6 is 0 Å². The standard InChI is InChI=1S/C23H30N2O3/c1-17-5-7-18(8-6-17)23(26)25-13-11-19(12-14-25)24-16-20-9-10-22(28-20)21-4-2-3-15-27-21/h5-10,19,21,24H,2-4,11-16H2,1H3. The van der Waals surface area contributed by atoms with E-state index in [1.807, 2.05) is 36.1 Å². The summed E-state index contributed by atoms with van der Waals surface area (Å²) in [6, 6.07) is 12.4. The van der Waals surface area contributed by atoms with Crippen molar-refractivity contribution >= 4 is 5.91 Å². The van der Waals surface area contributed by atoms with Gasteiger partial charge in [-0.15, -0.1) is 0 Å². The molecule has 2 aromatic rings. The van der Waals surface area contributed by atoms with E-state index in [1.165, 1.54) is 12.0 Å². The van der Waals surface area contributed by atoms with Crippen molar-refractivity contribution in [1.82, 2.24) is 10.2 Å². The van der Waals surface area contributed by atoms with Crippen LogP contribution in [0.15, 0.2) is 40.8 Å². The Bertz CT molecular complexity index is 769. The van der Waals surface area contributed by atoms with Crippen LogP contribution in [-0.4, -0.2) is 36.5 Å². The van der Waals surface area contributed by atoms with E-state index >= 15 is 0 Å². The van der Waals surface area contributed by atoms with E-state index in [1.54, 1.807) is 0 Å². The van der Waals surface area contributed by atoms with Gasteiger partial charge in [0.15, 0.2) is 0 Å². The monoisotopic (exact) mass is 382 g/mol. The van der Waals surface area contributed by atoms with Gasteiger partial charge in [-0.25, -0.2) is 0 Å². The summed E-state index contributed by atoms with van der Waals surface area (Å²) in [5.41, 5.74) is 1.96. The molecule has 1 amide bonds. The second kappa shape index (κ2) is 8.93. The quantitative estimate of drug-likeness (QED) is 0.841. The summed E-state index contributed by atoms with van der Waals surface area (Å²) < 4.78 is 11.8. The van der Waals surface area contributed by atoms with Crippen LogP contribution in [-0.2, 0) is 11.3 Å². The van der Waals surface area contributed by atoms with E-state index < -0.39 is 0 Å². The number of nitrogens with one attached hydrogen (secondary N) is 1. The molecule has 3 heterocycles. The Hall–Kier alpha value is -2.11. The number of amides is 1. The number of piperidine rings is 1. The fourth-order valence-electron chi connectivity index (χ4n) is 4.04. The number of hydrogen-bond acceptors (Lipinski definition) is 4. The molecule has 2 aliphatic heterocycles. The lowest BCUT2D eigenvalue weighted by Crippen LogP contribution is -2.44. The highest BCUT2D eigenvalue weighted by Crippen LogP contribution is 2.29. The van der Waals surface area contributed by atoms with Crippen molar-refractivity contribution in [3.63, 3.8) is 0 Å². The Morgan fingerprint density at radius 1 is 1.07 bits per heavy atom. The summed E-state index contributed by atoms with van der Waals surface area (Å²) in [4.78, 5) is 14.6. The smallest absolute Gasteiger partial charge is 0.253 e. The minimum atomic E-state index is 0.124. The van der Waals surface area contributed by atoms with Crippen LogP contribution in [0.3, 0.4) is 0 Å². The average Bonchev–Trinajstić information content (AvgIpc) is 3.22. The molecule has 1 aromatic heterocycles. The molecule has 1 aromatic carbocycles. The van der Waals surface area contributed by atoms with Crippen LogP contribution in [0.2, 0.25) is 0 Å². The van der Waals surface area contributed by atoms with Crippen LogP contribution in [0, 0.1) is 6.92 Å². The zero-order chi connectivity index (χ0) is 19.3. The second-order valence-electron chi connectivity index (χ2n) is 7.97. The number of carbonyl (C=O) groups is 1. The molecule has 0 saturated carbocycles. The van der Waals surface area contributed by atoms with Crippen molar-refractivity contribution in [3.05, 3.63) is 59.0 Å². The highest BCUT2D eigenvalue weighted by Gasteiger charge is 2.24. The van der Waals surface area contributed by atoms with Crippen molar-refractivity contribution in [2.75, 3.05) is 19.7 Å². The van der Waals surface area contributed by atoms with Gasteiger partial charge in [0.1, 0.15) is 17.6 Å². The molecule has 1 atom stereocenters. The molecule has 2 fully saturated rings. The van der Waals surface area contributed by atoms with E-state index in [0.29, 0.717) is 6.04 Å². The van der Waals surface area contributed by atoms with Gasteiger partial charge in [-0.05, 0) is 63.3 Å². The fraction of sp³-hybridized carbons (Fsp3) is 0.522. The normalized spacial score (nSPS) is 21.0. The summed E-state index contributed by atoms with van der Waals surface area (Å²) in [6.07, 6.45) is 5.47. The Balaban J connectivity index is 1.23. The van der Waals surface area contributed by atoms with Gasteiger partial charge in [-0.1, -0.05) is 17.7 Å². The number of furan rings is 1. The molecule has 0 bridgehead atoms. The molecule has 2 aliphatic rings. The average molecular weight is 383 g/mol. The largest absolute Gasteiger partial charge is 0.462 e. The van der Waals surface area contributed by atoms with Gasteiger partial charge in [0, 0.05) is 31.3 Å². The van der Waals surface area contributed by atoms with Gasteiger partial charge in [-0.3, -0.25) is 4.79 Å². The molecular formula is C23H30N2O3. The van der Waals surface area contributed by atoms with Gasteiger partial charge in [0.2, 0.25) is 0 Å². The SMILES string of the molecule is Cc1ccc(C(=O)N2CCC(NCc3ccc(C4CCCCO4)o3)CC2)cc1. The number of hydrogen-bond donors (Lipinski definition) is 1. The predicted molar refractivity (Wildman–Crippen MR) is 108 cm³/mol. The second-order valence-corrected chi connectivity index (χ2v) is 7.97. The first-order valence-electron chi connectivity index (χ1n) is 10.5. The van der Waals surface area contributed by atoms with E-state index in [4.69, 9.17) is 9.15 Å². The molecule has 5 heteroatoms. The molecule has 1 unspecified atom stereocenters. The third-order valence-corrected chi connectivity index (χ3v) is 5.83. The van der Waals surface area contributed by atoms with Gasteiger partial charge in [0.05, 0.1) is 6.54 Å². The lowest BCUT2D eigenvalue weighted by Gasteiger charge is -2.32.